The molecule has 0 amide bonds. The van der Waals surface area contributed by atoms with Crippen LogP contribution in [-0.2, 0) is 0 Å². The molecule has 2 aromatic heterocycles. The number of aliphatic imine (C=N–C) groups is 1. The van der Waals surface area contributed by atoms with Gasteiger partial charge in [0.15, 0.2) is 5.65 Å². The van der Waals surface area contributed by atoms with Gasteiger partial charge in [0.25, 0.3) is 0 Å². The first-order valence-electron chi connectivity index (χ1n) is 4.54. The van der Waals surface area contributed by atoms with E-state index in [1.165, 1.54) is 0 Å². The summed E-state index contributed by atoms with van der Waals surface area (Å²) in [7, 11) is 1.63. The Morgan fingerprint density at radius 3 is 2.87 bits per heavy atom. The van der Waals surface area contributed by atoms with Crippen LogP contribution >= 0.6 is 0 Å². The molecule has 5 heteroatoms. The lowest BCUT2D eigenvalue weighted by atomic mass is 10.3. The number of fused-ring (bicyclic) bond motifs is 1. The van der Waals surface area contributed by atoms with Crippen LogP contribution in [0.5, 0.6) is 0 Å². The van der Waals surface area contributed by atoms with Crippen molar-refractivity contribution in [2.45, 2.75) is 6.92 Å². The fourth-order valence-electron chi connectivity index (χ4n) is 1.25. The molecule has 0 atom stereocenters. The monoisotopic (exact) mass is 201 g/mol. The lowest BCUT2D eigenvalue weighted by Crippen LogP contribution is -2.15. The second-order valence-corrected chi connectivity index (χ2v) is 3.16. The first-order chi connectivity index (χ1) is 7.20. The lowest BCUT2D eigenvalue weighted by Gasteiger charge is -2.01. The highest BCUT2D eigenvalue weighted by Crippen LogP contribution is 2.07. The zero-order valence-electron chi connectivity index (χ0n) is 8.60. The average Bonchev–Trinajstić information content (AvgIpc) is 2.27. The summed E-state index contributed by atoms with van der Waals surface area (Å²) >= 11 is 0. The molecule has 15 heavy (non-hydrogen) atoms. The number of pyridine rings is 1. The zero-order valence-corrected chi connectivity index (χ0v) is 8.60. The van der Waals surface area contributed by atoms with Gasteiger partial charge in [-0.2, -0.15) is 0 Å². The topological polar surface area (TPSA) is 77.0 Å². The van der Waals surface area contributed by atoms with E-state index in [4.69, 9.17) is 5.73 Å². The molecular formula is C10H11N5. The van der Waals surface area contributed by atoms with E-state index in [9.17, 15) is 0 Å². The van der Waals surface area contributed by atoms with Crippen LogP contribution < -0.4 is 5.73 Å². The fraction of sp³-hybridized carbons (Fsp3) is 0.200. The van der Waals surface area contributed by atoms with E-state index in [1.54, 1.807) is 19.3 Å². The van der Waals surface area contributed by atoms with Crippen molar-refractivity contribution in [3.05, 3.63) is 29.7 Å². The molecule has 2 N–H and O–H groups in total. The molecular weight excluding hydrogens is 190 g/mol. The van der Waals surface area contributed by atoms with Gasteiger partial charge in [0, 0.05) is 7.05 Å². The van der Waals surface area contributed by atoms with E-state index in [-0.39, 0.29) is 0 Å². The maximum atomic E-state index is 5.65. The fourth-order valence-corrected chi connectivity index (χ4v) is 1.25. The third-order valence-corrected chi connectivity index (χ3v) is 2.03. The number of nitrogens with zero attached hydrogens (tertiary/aromatic N) is 4. The van der Waals surface area contributed by atoms with E-state index in [0.29, 0.717) is 17.2 Å². The summed E-state index contributed by atoms with van der Waals surface area (Å²) in [5.74, 6) is 0.402. The average molecular weight is 201 g/mol. The maximum absolute atomic E-state index is 5.65. The van der Waals surface area contributed by atoms with Crippen LogP contribution in [0.1, 0.15) is 11.4 Å². The smallest absolute Gasteiger partial charge is 0.178 e. The summed E-state index contributed by atoms with van der Waals surface area (Å²) < 4.78 is 0. The van der Waals surface area contributed by atoms with E-state index in [0.717, 1.165) is 11.2 Å². The number of aryl methyl sites for hydroxylation is 1. The van der Waals surface area contributed by atoms with E-state index in [1.807, 2.05) is 13.0 Å². The SMILES string of the molecule is CN=C(N)c1ccc2nc(C)cnc2n1. The van der Waals surface area contributed by atoms with E-state index < -0.39 is 0 Å². The molecule has 0 saturated heterocycles. The van der Waals surface area contributed by atoms with Gasteiger partial charge in [0.1, 0.15) is 17.0 Å². The maximum Gasteiger partial charge on any atom is 0.178 e. The highest BCUT2D eigenvalue weighted by atomic mass is 14.9. The van der Waals surface area contributed by atoms with Crippen molar-refractivity contribution in [1.29, 1.82) is 0 Å². The third kappa shape index (κ3) is 1.76. The van der Waals surface area contributed by atoms with Gasteiger partial charge in [0.05, 0.1) is 11.9 Å². The normalized spacial score (nSPS) is 12.0. The predicted molar refractivity (Wildman–Crippen MR) is 58.7 cm³/mol. The quantitative estimate of drug-likeness (QED) is 0.543. The van der Waals surface area contributed by atoms with Crippen LogP contribution in [0.4, 0.5) is 0 Å². The number of amidine groups is 1. The molecule has 0 aliphatic carbocycles. The highest BCUT2D eigenvalue weighted by molar-refractivity contribution is 5.96. The Balaban J connectivity index is 2.62. The first kappa shape index (κ1) is 9.51. The zero-order chi connectivity index (χ0) is 10.8. The minimum absolute atomic E-state index is 0.402. The van der Waals surface area contributed by atoms with Crippen molar-refractivity contribution in [2.24, 2.45) is 10.7 Å². The van der Waals surface area contributed by atoms with Crippen LogP contribution in [0.25, 0.3) is 11.2 Å². The summed E-state index contributed by atoms with van der Waals surface area (Å²) in [4.78, 5) is 16.6. The van der Waals surface area contributed by atoms with Crippen molar-refractivity contribution in [3.63, 3.8) is 0 Å². The summed E-state index contributed by atoms with van der Waals surface area (Å²) in [5, 5.41) is 0. The summed E-state index contributed by atoms with van der Waals surface area (Å²) in [6.45, 7) is 1.89. The molecule has 0 spiro atoms. The number of aromatic nitrogens is 3. The largest absolute Gasteiger partial charge is 0.382 e. The molecule has 2 rings (SSSR count). The van der Waals surface area contributed by atoms with Crippen LogP contribution in [0.2, 0.25) is 0 Å². The number of nitrogens with two attached hydrogens (primary N) is 1. The minimum atomic E-state index is 0.402. The summed E-state index contributed by atoms with van der Waals surface area (Å²) in [6.07, 6.45) is 1.68. The molecule has 0 fully saturated rings. The molecule has 0 aliphatic heterocycles. The highest BCUT2D eigenvalue weighted by Gasteiger charge is 2.03. The lowest BCUT2D eigenvalue weighted by molar-refractivity contribution is 1.14. The Bertz CT molecular complexity index is 532. The standard InChI is InChI=1S/C10H11N5/c1-6-5-13-10-8(14-6)4-3-7(15-10)9(11)12-2/h3-5H,1-2H3,(H2,11,12). The minimum Gasteiger partial charge on any atom is -0.382 e. The van der Waals surface area contributed by atoms with Crippen LogP contribution in [0, 0.1) is 6.92 Å². The molecule has 0 bridgehead atoms. The number of hydrogen-bond donors (Lipinski definition) is 1. The van der Waals surface area contributed by atoms with Crippen molar-refractivity contribution in [1.82, 2.24) is 15.0 Å². The molecule has 0 unspecified atom stereocenters. The van der Waals surface area contributed by atoms with Crippen LogP contribution in [0.3, 0.4) is 0 Å². The Hall–Kier alpha value is -2.04. The molecule has 2 aromatic rings. The Morgan fingerprint density at radius 2 is 2.13 bits per heavy atom. The van der Waals surface area contributed by atoms with Crippen LogP contribution in [-0.4, -0.2) is 27.8 Å². The third-order valence-electron chi connectivity index (χ3n) is 2.03. The summed E-state index contributed by atoms with van der Waals surface area (Å²) in [5.41, 5.74) is 8.51. The van der Waals surface area contributed by atoms with Crippen molar-refractivity contribution < 1.29 is 0 Å². The van der Waals surface area contributed by atoms with Gasteiger partial charge >= 0.3 is 0 Å². The van der Waals surface area contributed by atoms with Crippen molar-refractivity contribution >= 4 is 17.0 Å². The molecule has 5 nitrogen and oxygen atoms in total. The van der Waals surface area contributed by atoms with Crippen LogP contribution in [0.15, 0.2) is 23.3 Å². The van der Waals surface area contributed by atoms with Gasteiger partial charge in [-0.1, -0.05) is 0 Å². The second-order valence-electron chi connectivity index (χ2n) is 3.16. The van der Waals surface area contributed by atoms with E-state index >= 15 is 0 Å². The molecule has 0 saturated carbocycles. The molecule has 0 aliphatic rings. The second kappa shape index (κ2) is 3.61. The predicted octanol–water partition coefficient (Wildman–Crippen LogP) is 0.668. The molecule has 0 radical (unpaired) electrons. The molecule has 0 aromatic carbocycles. The molecule has 76 valence electrons. The van der Waals surface area contributed by atoms with E-state index in [2.05, 4.69) is 19.9 Å². The summed E-state index contributed by atoms with van der Waals surface area (Å²) in [6, 6.07) is 3.63. The Labute approximate surface area is 87.1 Å². The Kier molecular flexibility index (Phi) is 2.29. The van der Waals surface area contributed by atoms with Crippen molar-refractivity contribution in [3.8, 4) is 0 Å². The first-order valence-corrected chi connectivity index (χ1v) is 4.54. The number of hydrogen-bond acceptors (Lipinski definition) is 4. The van der Waals surface area contributed by atoms with Gasteiger partial charge in [-0.3, -0.25) is 4.99 Å². The Morgan fingerprint density at radius 1 is 1.33 bits per heavy atom. The van der Waals surface area contributed by atoms with Crippen molar-refractivity contribution in [2.75, 3.05) is 7.05 Å². The van der Waals surface area contributed by atoms with Gasteiger partial charge in [-0.25, -0.2) is 15.0 Å². The van der Waals surface area contributed by atoms with Gasteiger partial charge < -0.3 is 5.73 Å². The van der Waals surface area contributed by atoms with Gasteiger partial charge in [-0.05, 0) is 19.1 Å². The van der Waals surface area contributed by atoms with Gasteiger partial charge in [-0.15, -0.1) is 0 Å². The van der Waals surface area contributed by atoms with Gasteiger partial charge in [0.2, 0.25) is 0 Å². The number of rotatable bonds is 1. The molecule has 2 heterocycles.